The first kappa shape index (κ1) is 15.4. The predicted octanol–water partition coefficient (Wildman–Crippen LogP) is 2.95. The summed E-state index contributed by atoms with van der Waals surface area (Å²) in [6.45, 7) is 12.6. The van der Waals surface area contributed by atoms with E-state index in [0.29, 0.717) is 18.0 Å². The normalized spacial score (nSPS) is 23.1. The van der Waals surface area contributed by atoms with Crippen LogP contribution in [0.15, 0.2) is 23.5 Å². The van der Waals surface area contributed by atoms with E-state index in [2.05, 4.69) is 49.6 Å². The highest BCUT2D eigenvalue weighted by Crippen LogP contribution is 2.33. The molecule has 0 aromatic heterocycles. The molecule has 2 N–H and O–H groups in total. The molecule has 0 saturated carbocycles. The standard InChI is InChI=1S/C17H31N3/c1-13(2)20(14(3)4)11-10-19-9-5-6-15-7-8-16(18)12-17(15)19/h8,12-15H,5-7,9-11,18H2,1-4H3. The molecule has 1 aliphatic carbocycles. The molecule has 0 aromatic carbocycles. The molecule has 2 rings (SSSR count). The molecule has 3 nitrogen and oxygen atoms in total. The van der Waals surface area contributed by atoms with E-state index < -0.39 is 0 Å². The third kappa shape index (κ3) is 3.57. The summed E-state index contributed by atoms with van der Waals surface area (Å²) in [4.78, 5) is 5.15. The van der Waals surface area contributed by atoms with E-state index in [0.717, 1.165) is 25.2 Å². The summed E-state index contributed by atoms with van der Waals surface area (Å²) >= 11 is 0. The van der Waals surface area contributed by atoms with E-state index in [9.17, 15) is 0 Å². The van der Waals surface area contributed by atoms with Gasteiger partial charge >= 0.3 is 0 Å². The average Bonchev–Trinajstić information content (AvgIpc) is 2.38. The third-order valence-electron chi connectivity index (χ3n) is 4.67. The van der Waals surface area contributed by atoms with Gasteiger partial charge in [-0.05, 0) is 53.0 Å². The minimum Gasteiger partial charge on any atom is -0.399 e. The molecule has 0 amide bonds. The van der Waals surface area contributed by atoms with Crippen molar-refractivity contribution in [1.82, 2.24) is 9.80 Å². The third-order valence-corrected chi connectivity index (χ3v) is 4.67. The Labute approximate surface area is 124 Å². The summed E-state index contributed by atoms with van der Waals surface area (Å²) in [6.07, 6.45) is 8.17. The second-order valence-corrected chi connectivity index (χ2v) is 6.76. The van der Waals surface area contributed by atoms with Crippen LogP contribution in [-0.2, 0) is 0 Å². The van der Waals surface area contributed by atoms with Crippen molar-refractivity contribution >= 4 is 0 Å². The van der Waals surface area contributed by atoms with Crippen LogP contribution in [0.25, 0.3) is 0 Å². The van der Waals surface area contributed by atoms with Gasteiger partial charge < -0.3 is 10.6 Å². The minimum absolute atomic E-state index is 0.612. The van der Waals surface area contributed by atoms with Crippen LogP contribution in [-0.4, -0.2) is 41.5 Å². The number of nitrogens with zero attached hydrogens (tertiary/aromatic N) is 2. The Balaban J connectivity index is 1.99. The van der Waals surface area contributed by atoms with Crippen molar-refractivity contribution in [2.45, 2.75) is 59.0 Å². The molecule has 114 valence electrons. The van der Waals surface area contributed by atoms with Gasteiger partial charge in [0.25, 0.3) is 0 Å². The van der Waals surface area contributed by atoms with E-state index in [4.69, 9.17) is 5.73 Å². The van der Waals surface area contributed by atoms with Gasteiger partial charge in [-0.1, -0.05) is 6.08 Å². The van der Waals surface area contributed by atoms with Gasteiger partial charge in [-0.15, -0.1) is 0 Å². The molecule has 1 fully saturated rings. The summed E-state index contributed by atoms with van der Waals surface area (Å²) < 4.78 is 0. The number of hydrogen-bond acceptors (Lipinski definition) is 3. The first-order valence-electron chi connectivity index (χ1n) is 8.17. The quantitative estimate of drug-likeness (QED) is 0.838. The summed E-state index contributed by atoms with van der Waals surface area (Å²) in [5, 5.41) is 0. The zero-order valence-corrected chi connectivity index (χ0v) is 13.6. The van der Waals surface area contributed by atoms with Crippen LogP contribution in [0.4, 0.5) is 0 Å². The highest BCUT2D eigenvalue weighted by molar-refractivity contribution is 5.28. The van der Waals surface area contributed by atoms with Gasteiger partial charge in [0.05, 0.1) is 0 Å². The topological polar surface area (TPSA) is 32.5 Å². The van der Waals surface area contributed by atoms with E-state index in [1.165, 1.54) is 25.1 Å². The first-order valence-corrected chi connectivity index (χ1v) is 8.17. The van der Waals surface area contributed by atoms with Crippen LogP contribution < -0.4 is 5.73 Å². The van der Waals surface area contributed by atoms with Crippen molar-refractivity contribution in [3.05, 3.63) is 23.5 Å². The molecule has 2 aliphatic rings. The average molecular weight is 277 g/mol. The fourth-order valence-corrected chi connectivity index (χ4v) is 3.61. The predicted molar refractivity (Wildman–Crippen MR) is 86.2 cm³/mol. The second kappa shape index (κ2) is 6.66. The zero-order chi connectivity index (χ0) is 14.7. The van der Waals surface area contributed by atoms with Crippen LogP contribution in [0.3, 0.4) is 0 Å². The van der Waals surface area contributed by atoms with E-state index in [1.807, 2.05) is 0 Å². The SMILES string of the molecule is CC(C)N(CCN1CCCC2CC=C(N)C=C21)C(C)C. The fourth-order valence-electron chi connectivity index (χ4n) is 3.61. The maximum Gasteiger partial charge on any atom is 0.0303 e. The zero-order valence-electron chi connectivity index (χ0n) is 13.6. The summed E-state index contributed by atoms with van der Waals surface area (Å²) in [5.74, 6) is 0.711. The monoisotopic (exact) mass is 277 g/mol. The number of hydrogen-bond donors (Lipinski definition) is 1. The molecule has 0 aromatic rings. The van der Waals surface area contributed by atoms with Gasteiger partial charge in [-0.3, -0.25) is 4.90 Å². The van der Waals surface area contributed by atoms with E-state index >= 15 is 0 Å². The molecule has 1 heterocycles. The van der Waals surface area contributed by atoms with E-state index in [1.54, 1.807) is 0 Å². The maximum atomic E-state index is 6.00. The Kier molecular flexibility index (Phi) is 5.14. The van der Waals surface area contributed by atoms with Crippen molar-refractivity contribution in [2.75, 3.05) is 19.6 Å². The molecule has 0 bridgehead atoms. The Bertz CT molecular complexity index is 374. The highest BCUT2D eigenvalue weighted by atomic mass is 15.2. The van der Waals surface area contributed by atoms with Crippen molar-refractivity contribution < 1.29 is 0 Å². The maximum absolute atomic E-state index is 6.00. The molecular weight excluding hydrogens is 246 g/mol. The van der Waals surface area contributed by atoms with E-state index in [-0.39, 0.29) is 0 Å². The number of allylic oxidation sites excluding steroid dienone is 3. The number of piperidine rings is 1. The van der Waals surface area contributed by atoms with Gasteiger partial charge in [0.1, 0.15) is 0 Å². The Hall–Kier alpha value is -0.960. The first-order chi connectivity index (χ1) is 9.49. The van der Waals surface area contributed by atoms with Crippen LogP contribution in [0.2, 0.25) is 0 Å². The molecule has 0 spiro atoms. The van der Waals surface area contributed by atoms with Crippen molar-refractivity contribution in [2.24, 2.45) is 11.7 Å². The molecular formula is C17H31N3. The molecule has 0 radical (unpaired) electrons. The van der Waals surface area contributed by atoms with Gasteiger partial charge in [0.15, 0.2) is 0 Å². The summed E-state index contributed by atoms with van der Waals surface area (Å²) in [5.41, 5.74) is 8.45. The number of nitrogens with two attached hydrogens (primary N) is 1. The lowest BCUT2D eigenvalue weighted by Gasteiger charge is -2.41. The fraction of sp³-hybridized carbons (Fsp3) is 0.765. The second-order valence-electron chi connectivity index (χ2n) is 6.76. The van der Waals surface area contributed by atoms with Crippen LogP contribution >= 0.6 is 0 Å². The molecule has 1 aliphatic heterocycles. The molecule has 1 saturated heterocycles. The van der Waals surface area contributed by atoms with Crippen molar-refractivity contribution in [3.63, 3.8) is 0 Å². The molecule has 1 unspecified atom stereocenters. The lowest BCUT2D eigenvalue weighted by atomic mass is 9.87. The number of likely N-dealkylation sites (tertiary alicyclic amines) is 1. The minimum atomic E-state index is 0.612. The van der Waals surface area contributed by atoms with Crippen LogP contribution in [0.1, 0.15) is 47.0 Å². The van der Waals surface area contributed by atoms with Gasteiger partial charge in [-0.25, -0.2) is 0 Å². The van der Waals surface area contributed by atoms with Crippen molar-refractivity contribution in [1.29, 1.82) is 0 Å². The summed E-state index contributed by atoms with van der Waals surface area (Å²) in [7, 11) is 0. The lowest BCUT2D eigenvalue weighted by molar-refractivity contribution is 0.141. The molecule has 1 atom stereocenters. The van der Waals surface area contributed by atoms with Gasteiger partial charge in [0, 0.05) is 49.0 Å². The van der Waals surface area contributed by atoms with Gasteiger partial charge in [0.2, 0.25) is 0 Å². The van der Waals surface area contributed by atoms with Gasteiger partial charge in [-0.2, -0.15) is 0 Å². The highest BCUT2D eigenvalue weighted by Gasteiger charge is 2.27. The Morgan fingerprint density at radius 3 is 2.65 bits per heavy atom. The number of fused-ring (bicyclic) bond motifs is 1. The summed E-state index contributed by atoms with van der Waals surface area (Å²) in [6, 6.07) is 1.22. The Morgan fingerprint density at radius 2 is 2.00 bits per heavy atom. The largest absolute Gasteiger partial charge is 0.399 e. The number of rotatable bonds is 5. The molecule has 20 heavy (non-hydrogen) atoms. The van der Waals surface area contributed by atoms with Crippen LogP contribution in [0, 0.1) is 5.92 Å². The molecule has 3 heteroatoms. The van der Waals surface area contributed by atoms with Crippen molar-refractivity contribution in [3.8, 4) is 0 Å². The lowest BCUT2D eigenvalue weighted by Crippen LogP contribution is -2.44. The van der Waals surface area contributed by atoms with Crippen LogP contribution in [0.5, 0.6) is 0 Å². The smallest absolute Gasteiger partial charge is 0.0303 e. The Morgan fingerprint density at radius 1 is 1.30 bits per heavy atom.